The first-order chi connectivity index (χ1) is 14.7. The molecule has 0 aliphatic carbocycles. The summed E-state index contributed by atoms with van der Waals surface area (Å²) in [6.45, 7) is 5.39. The van der Waals surface area contributed by atoms with E-state index in [1.807, 2.05) is 12.1 Å². The van der Waals surface area contributed by atoms with Crippen molar-refractivity contribution in [1.29, 1.82) is 0 Å². The van der Waals surface area contributed by atoms with E-state index in [0.29, 0.717) is 23.7 Å². The van der Waals surface area contributed by atoms with E-state index in [1.54, 1.807) is 31.2 Å². The average Bonchev–Trinajstić information content (AvgIpc) is 2.73. The molecule has 3 N–H and O–H groups in total. The van der Waals surface area contributed by atoms with Gasteiger partial charge in [-0.05, 0) is 75.5 Å². The Morgan fingerprint density at radius 2 is 1.84 bits per heavy atom. The third-order valence-corrected chi connectivity index (χ3v) is 5.65. The molecule has 2 aromatic rings. The highest BCUT2D eigenvalue weighted by Crippen LogP contribution is 2.28. The van der Waals surface area contributed by atoms with Crippen molar-refractivity contribution in [2.24, 2.45) is 0 Å². The Morgan fingerprint density at radius 1 is 1.16 bits per heavy atom. The summed E-state index contributed by atoms with van der Waals surface area (Å²) in [5.74, 6) is 0.104. The molecule has 0 bridgehead atoms. The summed E-state index contributed by atoms with van der Waals surface area (Å²) in [6, 6.07) is 13.0. The Bertz CT molecular complexity index is 907. The highest BCUT2D eigenvalue weighted by Gasteiger charge is 2.28. The Hall–Kier alpha value is -2.77. The fraction of sp³-hybridized carbons (Fsp3) is 0.417. The van der Waals surface area contributed by atoms with Crippen molar-refractivity contribution in [2.45, 2.75) is 38.2 Å². The molecule has 1 aliphatic rings. The number of β-amino-alcohol motifs (C(OH)–C–C–N with tert-alkyl or cyclic N) is 1. The molecule has 1 saturated heterocycles. The molecular weight excluding hydrogens is 397 g/mol. The molecule has 0 unspecified atom stereocenters. The minimum atomic E-state index is -1.08. The van der Waals surface area contributed by atoms with E-state index in [0.717, 1.165) is 31.5 Å². The van der Waals surface area contributed by atoms with Gasteiger partial charge in [0.2, 0.25) is 0 Å². The molecule has 0 spiro atoms. The van der Waals surface area contributed by atoms with Crippen LogP contribution in [-0.4, -0.2) is 53.6 Å². The van der Waals surface area contributed by atoms with Gasteiger partial charge in [-0.2, -0.15) is 0 Å². The topological polar surface area (TPSA) is 81.7 Å². The number of benzene rings is 2. The predicted octanol–water partition coefficient (Wildman–Crippen LogP) is 3.78. The third kappa shape index (κ3) is 6.87. The number of hydrogen-bond donors (Lipinski definition) is 3. The molecule has 2 aromatic carbocycles. The summed E-state index contributed by atoms with van der Waals surface area (Å²) < 4.78 is 13.1. The normalized spacial score (nSPS) is 17.0. The molecular formula is C24H30FN3O3. The van der Waals surface area contributed by atoms with E-state index >= 15 is 0 Å². The number of anilines is 1. The summed E-state index contributed by atoms with van der Waals surface area (Å²) in [5.41, 5.74) is 1.11. The number of urea groups is 1. The number of carbonyl (C=O) groups excluding carboxylic acids is 2. The van der Waals surface area contributed by atoms with Crippen molar-refractivity contribution in [1.82, 2.24) is 10.2 Å². The predicted molar refractivity (Wildman–Crippen MR) is 119 cm³/mol. The molecule has 6 nitrogen and oxygen atoms in total. The van der Waals surface area contributed by atoms with E-state index in [1.165, 1.54) is 19.1 Å². The van der Waals surface area contributed by atoms with E-state index in [4.69, 9.17) is 0 Å². The molecule has 0 saturated carbocycles. The van der Waals surface area contributed by atoms with Gasteiger partial charge in [0, 0.05) is 24.3 Å². The number of nitrogens with zero attached hydrogens (tertiary/aromatic N) is 1. The number of piperidine rings is 1. The Morgan fingerprint density at radius 3 is 2.48 bits per heavy atom. The number of aliphatic hydroxyl groups is 1. The van der Waals surface area contributed by atoms with Crippen LogP contribution in [0.25, 0.3) is 0 Å². The molecule has 31 heavy (non-hydrogen) atoms. The van der Waals surface area contributed by atoms with Crippen LogP contribution in [0.15, 0.2) is 48.5 Å². The molecule has 0 radical (unpaired) electrons. The maximum Gasteiger partial charge on any atom is 0.319 e. The van der Waals surface area contributed by atoms with E-state index in [2.05, 4.69) is 15.5 Å². The Balaban J connectivity index is 1.43. The number of nitrogens with one attached hydrogen (secondary N) is 2. The van der Waals surface area contributed by atoms with Gasteiger partial charge in [-0.1, -0.05) is 24.3 Å². The van der Waals surface area contributed by atoms with Crippen molar-refractivity contribution in [3.63, 3.8) is 0 Å². The van der Waals surface area contributed by atoms with Crippen LogP contribution in [0.4, 0.5) is 14.9 Å². The minimum absolute atomic E-state index is 0.0739. The van der Waals surface area contributed by atoms with Crippen molar-refractivity contribution in [3.05, 3.63) is 65.5 Å². The molecule has 1 atom stereocenters. The minimum Gasteiger partial charge on any atom is -0.387 e. The summed E-state index contributed by atoms with van der Waals surface area (Å²) in [7, 11) is 0. The van der Waals surface area contributed by atoms with Crippen LogP contribution >= 0.6 is 0 Å². The van der Waals surface area contributed by atoms with Crippen molar-refractivity contribution in [2.75, 3.05) is 31.5 Å². The molecule has 0 aromatic heterocycles. The molecule has 2 amide bonds. The zero-order valence-corrected chi connectivity index (χ0v) is 18.0. The van der Waals surface area contributed by atoms with Gasteiger partial charge in [0.25, 0.3) is 0 Å². The van der Waals surface area contributed by atoms with Gasteiger partial charge in [0.1, 0.15) is 5.82 Å². The standard InChI is InChI=1S/C24H30FN3O3/c1-17(29)20-4-3-5-22(14-20)27-23(30)26-15-24(2,31)16-28-12-10-19(11-13-28)18-6-8-21(25)9-7-18/h3-9,14,19,31H,10-13,15-16H2,1-2H3,(H2,26,27,30)/t24-/m0/s1. The van der Waals surface area contributed by atoms with Crippen molar-refractivity contribution >= 4 is 17.5 Å². The number of ketones is 1. The summed E-state index contributed by atoms with van der Waals surface area (Å²) >= 11 is 0. The van der Waals surface area contributed by atoms with Crippen LogP contribution in [0.5, 0.6) is 0 Å². The number of halogens is 1. The summed E-state index contributed by atoms with van der Waals surface area (Å²) in [6.07, 6.45) is 1.89. The maximum absolute atomic E-state index is 13.1. The number of amides is 2. The lowest BCUT2D eigenvalue weighted by Gasteiger charge is -2.36. The van der Waals surface area contributed by atoms with Crippen LogP contribution in [0.2, 0.25) is 0 Å². The quantitative estimate of drug-likeness (QED) is 0.588. The molecule has 166 valence electrons. The van der Waals surface area contributed by atoms with E-state index in [-0.39, 0.29) is 18.1 Å². The summed E-state index contributed by atoms with van der Waals surface area (Å²) in [4.78, 5) is 25.9. The Labute approximate surface area is 182 Å². The lowest BCUT2D eigenvalue weighted by atomic mass is 9.89. The number of rotatable bonds is 7. The fourth-order valence-electron chi connectivity index (χ4n) is 3.96. The van der Waals surface area contributed by atoms with Crippen LogP contribution in [-0.2, 0) is 0 Å². The van der Waals surface area contributed by atoms with Crippen LogP contribution < -0.4 is 10.6 Å². The Kier molecular flexibility index (Phi) is 7.41. The summed E-state index contributed by atoms with van der Waals surface area (Å²) in [5, 5.41) is 16.1. The second-order valence-corrected chi connectivity index (χ2v) is 8.54. The fourth-order valence-corrected chi connectivity index (χ4v) is 3.96. The number of carbonyl (C=O) groups is 2. The highest BCUT2D eigenvalue weighted by molar-refractivity contribution is 5.96. The van der Waals surface area contributed by atoms with Crippen molar-refractivity contribution < 1.29 is 19.1 Å². The number of likely N-dealkylation sites (tertiary alicyclic amines) is 1. The van der Waals surface area contributed by atoms with Crippen LogP contribution in [0.3, 0.4) is 0 Å². The first-order valence-corrected chi connectivity index (χ1v) is 10.6. The van der Waals surface area contributed by atoms with Gasteiger partial charge in [-0.3, -0.25) is 4.79 Å². The largest absolute Gasteiger partial charge is 0.387 e. The number of Topliss-reactive ketones (excluding diaryl/α,β-unsaturated/α-hetero) is 1. The zero-order valence-electron chi connectivity index (χ0n) is 18.0. The first-order valence-electron chi connectivity index (χ1n) is 10.6. The van der Waals surface area contributed by atoms with Gasteiger partial charge in [0.05, 0.1) is 5.60 Å². The zero-order chi connectivity index (χ0) is 22.4. The van der Waals surface area contributed by atoms with Gasteiger partial charge in [-0.25, -0.2) is 9.18 Å². The lowest BCUT2D eigenvalue weighted by Crippen LogP contribution is -2.51. The smallest absolute Gasteiger partial charge is 0.319 e. The second-order valence-electron chi connectivity index (χ2n) is 8.54. The van der Waals surface area contributed by atoms with Gasteiger partial charge < -0.3 is 20.6 Å². The van der Waals surface area contributed by atoms with E-state index in [9.17, 15) is 19.1 Å². The maximum atomic E-state index is 13.1. The first kappa shape index (κ1) is 22.9. The molecule has 1 aliphatic heterocycles. The molecule has 1 fully saturated rings. The molecule has 7 heteroatoms. The van der Waals surface area contributed by atoms with Crippen molar-refractivity contribution in [3.8, 4) is 0 Å². The number of hydrogen-bond acceptors (Lipinski definition) is 4. The average molecular weight is 428 g/mol. The van der Waals surface area contributed by atoms with Crippen LogP contribution in [0.1, 0.15) is 48.5 Å². The van der Waals surface area contributed by atoms with E-state index < -0.39 is 11.6 Å². The lowest BCUT2D eigenvalue weighted by molar-refractivity contribution is 0.0154. The second kappa shape index (κ2) is 10.0. The molecule has 3 rings (SSSR count). The molecule has 1 heterocycles. The SMILES string of the molecule is CC(=O)c1cccc(NC(=O)NC[C@](C)(O)CN2CCC(c3ccc(F)cc3)CC2)c1. The monoisotopic (exact) mass is 427 g/mol. The van der Waals surface area contributed by atoms with Crippen LogP contribution in [0, 0.1) is 5.82 Å². The van der Waals surface area contributed by atoms with Gasteiger partial charge >= 0.3 is 6.03 Å². The highest BCUT2D eigenvalue weighted by atomic mass is 19.1. The van der Waals surface area contributed by atoms with Gasteiger partial charge in [-0.15, -0.1) is 0 Å². The van der Waals surface area contributed by atoms with Gasteiger partial charge in [0.15, 0.2) is 5.78 Å². The third-order valence-electron chi connectivity index (χ3n) is 5.65.